The van der Waals surface area contributed by atoms with Crippen LogP contribution >= 0.6 is 0 Å². The Balaban J connectivity index is 2.85. The van der Waals surface area contributed by atoms with Crippen LogP contribution in [0.2, 0.25) is 0 Å². The number of nitrogens with two attached hydrogens (primary N) is 1. The molecule has 1 rings (SSSR count). The van der Waals surface area contributed by atoms with Gasteiger partial charge in [-0.2, -0.15) is 0 Å². The molecule has 5 heteroatoms. The number of carbonyl (C=O) groups excluding carboxylic acids is 1. The SMILES string of the molecule is C=C/C=c1/oc(=O)cc/c1=C(\C)CNC(=O)CCCCN. The highest BCUT2D eigenvalue weighted by molar-refractivity contribution is 5.77. The fourth-order valence-corrected chi connectivity index (χ4v) is 1.86. The first kappa shape index (κ1) is 16.9. The molecule has 1 heterocycles. The maximum Gasteiger partial charge on any atom is 0.336 e. The molecule has 0 saturated carbocycles. The third-order valence-electron chi connectivity index (χ3n) is 3.00. The highest BCUT2D eigenvalue weighted by atomic mass is 16.4. The normalized spacial score (nSPS) is 13.0. The fourth-order valence-electron chi connectivity index (χ4n) is 1.86. The molecule has 0 aromatic carbocycles. The van der Waals surface area contributed by atoms with E-state index in [9.17, 15) is 9.59 Å². The standard InChI is InChI=1S/C16H22N2O3/c1-3-6-14-13(8-9-16(20)21-14)12(2)11-18-15(19)7-4-5-10-17/h3,6,8-9H,1,4-5,7,10-11,17H2,2H3,(H,18,19)/b13-12-,14-6+. The number of allylic oxidation sites excluding steroid dienone is 1. The molecule has 3 N–H and O–H groups in total. The molecule has 0 atom stereocenters. The number of carbonyl (C=O) groups is 1. The van der Waals surface area contributed by atoms with Gasteiger partial charge in [-0.05, 0) is 44.0 Å². The average Bonchev–Trinajstić information content (AvgIpc) is 2.45. The molecule has 1 aromatic rings. The molecule has 0 saturated heterocycles. The number of unbranched alkanes of at least 4 members (excludes halogenated alkanes) is 1. The monoisotopic (exact) mass is 290 g/mol. The fraction of sp³-hybridized carbons (Fsp3) is 0.375. The minimum absolute atomic E-state index is 0.00515. The van der Waals surface area contributed by atoms with Crippen LogP contribution in [-0.2, 0) is 4.79 Å². The molecule has 0 bridgehead atoms. The Kier molecular flexibility index (Phi) is 7.18. The van der Waals surface area contributed by atoms with Gasteiger partial charge in [0.1, 0.15) is 5.42 Å². The third-order valence-corrected chi connectivity index (χ3v) is 3.00. The molecule has 0 fully saturated rings. The molecule has 0 spiro atoms. The Morgan fingerprint density at radius 1 is 1.43 bits per heavy atom. The molecule has 0 aliphatic rings. The molecule has 21 heavy (non-hydrogen) atoms. The summed E-state index contributed by atoms with van der Waals surface area (Å²) in [5.74, 6) is -0.00515. The number of nitrogens with one attached hydrogen (secondary N) is 1. The highest BCUT2D eigenvalue weighted by Gasteiger charge is 2.02. The van der Waals surface area contributed by atoms with Crippen LogP contribution in [0.25, 0.3) is 11.6 Å². The van der Waals surface area contributed by atoms with Gasteiger partial charge in [-0.3, -0.25) is 4.79 Å². The van der Waals surface area contributed by atoms with Crippen molar-refractivity contribution in [3.05, 3.63) is 45.8 Å². The van der Waals surface area contributed by atoms with Crippen molar-refractivity contribution in [3.8, 4) is 0 Å². The number of hydrogen-bond acceptors (Lipinski definition) is 4. The van der Waals surface area contributed by atoms with E-state index in [2.05, 4.69) is 11.9 Å². The maximum absolute atomic E-state index is 11.7. The molecule has 0 aliphatic heterocycles. The zero-order valence-electron chi connectivity index (χ0n) is 12.4. The van der Waals surface area contributed by atoms with Crippen LogP contribution in [0.1, 0.15) is 26.2 Å². The summed E-state index contributed by atoms with van der Waals surface area (Å²) in [5.41, 5.74) is 6.34. The van der Waals surface area contributed by atoms with Gasteiger partial charge in [-0.25, -0.2) is 4.79 Å². The summed E-state index contributed by atoms with van der Waals surface area (Å²) >= 11 is 0. The minimum atomic E-state index is -0.412. The van der Waals surface area contributed by atoms with Gasteiger partial charge >= 0.3 is 5.63 Å². The van der Waals surface area contributed by atoms with Crippen molar-refractivity contribution in [1.29, 1.82) is 0 Å². The molecule has 1 aromatic heterocycles. The van der Waals surface area contributed by atoms with Gasteiger partial charge in [-0.1, -0.05) is 12.7 Å². The Hall–Kier alpha value is -2.14. The second-order valence-electron chi connectivity index (χ2n) is 4.74. The molecule has 114 valence electrons. The Bertz CT molecular complexity index is 659. The van der Waals surface area contributed by atoms with Crippen LogP contribution in [0.5, 0.6) is 0 Å². The topological polar surface area (TPSA) is 85.3 Å². The Morgan fingerprint density at radius 2 is 2.19 bits per heavy atom. The van der Waals surface area contributed by atoms with Crippen LogP contribution < -0.4 is 27.3 Å². The predicted octanol–water partition coefficient (Wildman–Crippen LogP) is 0.0221. The van der Waals surface area contributed by atoms with Gasteiger partial charge in [0.2, 0.25) is 5.91 Å². The van der Waals surface area contributed by atoms with Crippen LogP contribution in [0.15, 0.2) is 34.0 Å². The third kappa shape index (κ3) is 5.79. The van der Waals surface area contributed by atoms with Crippen molar-refractivity contribution < 1.29 is 9.21 Å². The largest absolute Gasteiger partial charge is 0.423 e. The predicted molar refractivity (Wildman–Crippen MR) is 83.9 cm³/mol. The van der Waals surface area contributed by atoms with E-state index in [1.54, 1.807) is 18.2 Å². The summed E-state index contributed by atoms with van der Waals surface area (Å²) in [6, 6.07) is 3.05. The van der Waals surface area contributed by atoms with E-state index in [0.29, 0.717) is 24.9 Å². The molecule has 0 unspecified atom stereocenters. The van der Waals surface area contributed by atoms with Crippen LogP contribution in [0.3, 0.4) is 0 Å². The minimum Gasteiger partial charge on any atom is -0.423 e. The van der Waals surface area contributed by atoms with E-state index in [4.69, 9.17) is 10.2 Å². The lowest BCUT2D eigenvalue weighted by Gasteiger charge is -2.05. The van der Waals surface area contributed by atoms with Gasteiger partial charge in [0.15, 0.2) is 0 Å². The van der Waals surface area contributed by atoms with Gasteiger partial charge in [0.05, 0.1) is 0 Å². The van der Waals surface area contributed by atoms with E-state index in [0.717, 1.165) is 23.6 Å². The highest BCUT2D eigenvalue weighted by Crippen LogP contribution is 1.94. The van der Waals surface area contributed by atoms with Crippen molar-refractivity contribution in [2.75, 3.05) is 13.1 Å². The average molecular weight is 290 g/mol. The van der Waals surface area contributed by atoms with E-state index >= 15 is 0 Å². The lowest BCUT2D eigenvalue weighted by Crippen LogP contribution is -2.34. The lowest BCUT2D eigenvalue weighted by molar-refractivity contribution is -0.120. The summed E-state index contributed by atoms with van der Waals surface area (Å²) < 4.78 is 5.13. The quantitative estimate of drug-likeness (QED) is 0.693. The van der Waals surface area contributed by atoms with Crippen molar-refractivity contribution in [2.45, 2.75) is 26.2 Å². The second-order valence-corrected chi connectivity index (χ2v) is 4.74. The van der Waals surface area contributed by atoms with E-state index in [1.165, 1.54) is 6.07 Å². The summed E-state index contributed by atoms with van der Waals surface area (Å²) in [4.78, 5) is 22.9. The first-order chi connectivity index (χ1) is 10.1. The second kappa shape index (κ2) is 8.92. The zero-order chi connectivity index (χ0) is 15.7. The molecular weight excluding hydrogens is 268 g/mol. The smallest absolute Gasteiger partial charge is 0.336 e. The van der Waals surface area contributed by atoms with E-state index in [-0.39, 0.29) is 5.91 Å². The first-order valence-electron chi connectivity index (χ1n) is 6.98. The Morgan fingerprint density at radius 3 is 2.86 bits per heavy atom. The first-order valence-corrected chi connectivity index (χ1v) is 6.98. The van der Waals surface area contributed by atoms with Crippen molar-refractivity contribution >= 4 is 17.6 Å². The molecule has 0 aliphatic carbocycles. The van der Waals surface area contributed by atoms with E-state index in [1.807, 2.05) is 6.92 Å². The van der Waals surface area contributed by atoms with Crippen molar-refractivity contribution in [2.24, 2.45) is 5.73 Å². The number of hydrogen-bond donors (Lipinski definition) is 2. The summed E-state index contributed by atoms with van der Waals surface area (Å²) in [6.45, 7) is 6.49. The molecule has 1 amide bonds. The number of rotatable bonds is 7. The van der Waals surface area contributed by atoms with Crippen LogP contribution in [-0.4, -0.2) is 19.0 Å². The maximum atomic E-state index is 11.7. The van der Waals surface area contributed by atoms with Gasteiger partial charge in [0.25, 0.3) is 0 Å². The van der Waals surface area contributed by atoms with Crippen molar-refractivity contribution in [3.63, 3.8) is 0 Å². The summed E-state index contributed by atoms with van der Waals surface area (Å²) in [5, 5.41) is 3.64. The lowest BCUT2D eigenvalue weighted by atomic mass is 10.2. The number of amides is 1. The van der Waals surface area contributed by atoms with Crippen molar-refractivity contribution in [1.82, 2.24) is 5.32 Å². The van der Waals surface area contributed by atoms with Crippen LogP contribution in [0, 0.1) is 0 Å². The molecule has 0 radical (unpaired) electrons. The van der Waals surface area contributed by atoms with Gasteiger partial charge in [-0.15, -0.1) is 0 Å². The molecule has 5 nitrogen and oxygen atoms in total. The Labute approximate surface area is 123 Å². The van der Waals surface area contributed by atoms with Gasteiger partial charge < -0.3 is 15.5 Å². The molecular formula is C16H22N2O3. The van der Waals surface area contributed by atoms with Gasteiger partial charge in [0, 0.05) is 24.3 Å². The summed E-state index contributed by atoms with van der Waals surface area (Å²) in [6.07, 6.45) is 5.29. The zero-order valence-corrected chi connectivity index (χ0v) is 12.4. The summed E-state index contributed by atoms with van der Waals surface area (Å²) in [7, 11) is 0. The van der Waals surface area contributed by atoms with E-state index < -0.39 is 5.63 Å². The van der Waals surface area contributed by atoms with Crippen LogP contribution in [0.4, 0.5) is 0 Å².